The van der Waals surface area contributed by atoms with Crippen molar-refractivity contribution in [2.45, 2.75) is 6.42 Å². The van der Waals surface area contributed by atoms with Gasteiger partial charge in [-0.3, -0.25) is 4.98 Å². The Morgan fingerprint density at radius 1 is 0.458 bits per heavy atom. The molecule has 0 atom stereocenters. The van der Waals surface area contributed by atoms with Crippen LogP contribution in [0.25, 0.3) is 77.7 Å². The number of allylic oxidation sites excluding steroid dienone is 5. The zero-order valence-electron chi connectivity index (χ0n) is 32.5. The van der Waals surface area contributed by atoms with Crippen molar-refractivity contribution in [3.8, 4) is 45.0 Å². The number of aromatic nitrogens is 3. The molecule has 0 amide bonds. The van der Waals surface area contributed by atoms with Gasteiger partial charge in [-0.05, 0) is 102 Å². The van der Waals surface area contributed by atoms with Gasteiger partial charge < -0.3 is 0 Å². The highest BCUT2D eigenvalue weighted by Gasteiger charge is 2.17. The Labute approximate surface area is 344 Å². The summed E-state index contributed by atoms with van der Waals surface area (Å²) in [5.74, 6) is 0.655. The molecule has 1 aliphatic rings. The van der Waals surface area contributed by atoms with Gasteiger partial charge in [0.2, 0.25) is 0 Å². The number of rotatable bonds is 6. The average Bonchev–Trinajstić information content (AvgIpc) is 3.31. The van der Waals surface area contributed by atoms with E-state index < -0.39 is 0 Å². The molecule has 278 valence electrons. The Balaban J connectivity index is 1.20. The molecule has 0 aliphatic heterocycles. The number of hydrogen-bond donors (Lipinski definition) is 0. The van der Waals surface area contributed by atoms with Gasteiger partial charge in [0.25, 0.3) is 0 Å². The molecular formula is C56H39N3. The van der Waals surface area contributed by atoms with Crippen LogP contribution in [0.15, 0.2) is 225 Å². The lowest BCUT2D eigenvalue weighted by atomic mass is 9.90. The summed E-state index contributed by atoms with van der Waals surface area (Å²) in [6.45, 7) is 4.63. The zero-order chi connectivity index (χ0) is 39.5. The SMILES string of the molecule is C=C1/C=C\C=C/C/C(c2ccccc2)=c2/cccc/c2=C/1c1cccc(-c2nc(-c3ccc(-c4cccnc4)cc3)cc(-c3cc4ccccc4c4ccccc34)n2)c1. The quantitative estimate of drug-likeness (QED) is 0.159. The Kier molecular flexibility index (Phi) is 9.46. The van der Waals surface area contributed by atoms with Gasteiger partial charge in [-0.2, -0.15) is 0 Å². The molecule has 3 nitrogen and oxygen atoms in total. The van der Waals surface area contributed by atoms with Crippen LogP contribution in [0, 0.1) is 0 Å². The van der Waals surface area contributed by atoms with Crippen LogP contribution in [0.1, 0.15) is 17.5 Å². The lowest BCUT2D eigenvalue weighted by Gasteiger charge is -2.15. The molecule has 1 aliphatic carbocycles. The Morgan fingerprint density at radius 3 is 1.97 bits per heavy atom. The molecule has 10 rings (SSSR count). The van der Waals surface area contributed by atoms with Crippen LogP contribution in [0.2, 0.25) is 0 Å². The van der Waals surface area contributed by atoms with Crippen LogP contribution in [0.5, 0.6) is 0 Å². The van der Waals surface area contributed by atoms with Crippen molar-refractivity contribution in [3.05, 3.63) is 246 Å². The molecule has 0 bridgehead atoms. The number of fused-ring (bicyclic) bond motifs is 4. The van der Waals surface area contributed by atoms with E-state index in [2.05, 4.69) is 206 Å². The second-order valence-corrected chi connectivity index (χ2v) is 14.8. The van der Waals surface area contributed by atoms with E-state index in [1.807, 2.05) is 12.3 Å². The van der Waals surface area contributed by atoms with E-state index in [0.717, 1.165) is 72.9 Å². The van der Waals surface area contributed by atoms with Crippen molar-refractivity contribution in [2.75, 3.05) is 0 Å². The van der Waals surface area contributed by atoms with Gasteiger partial charge in [0.1, 0.15) is 0 Å². The standard InChI is InChI=1S/C56H39N3/c1-38-16-4-2-7-23-46(40-17-5-3-6-18-40)49-26-12-13-28-51(49)55(38)43-20-14-21-44(34-43)56-58-53(41-31-29-39(30-32-41)45-22-15-33-57-37-45)36-54(59-56)52-35-42-19-8-9-24-47(42)48-25-10-11-27-50(48)52/h2-22,24-37H,1,23H2/b7-2-,16-4-,49-46+,55-51+. The first-order chi connectivity index (χ1) is 29.2. The molecule has 0 radical (unpaired) electrons. The molecule has 0 saturated heterocycles. The van der Waals surface area contributed by atoms with Gasteiger partial charge in [-0.15, -0.1) is 0 Å². The third kappa shape index (κ3) is 7.00. The predicted molar refractivity (Wildman–Crippen MR) is 246 cm³/mol. The summed E-state index contributed by atoms with van der Waals surface area (Å²) in [6.07, 6.45) is 13.0. The summed E-state index contributed by atoms with van der Waals surface area (Å²) < 4.78 is 0. The number of pyridine rings is 1. The van der Waals surface area contributed by atoms with Crippen LogP contribution in [-0.4, -0.2) is 15.0 Å². The minimum atomic E-state index is 0.655. The highest BCUT2D eigenvalue weighted by atomic mass is 14.9. The molecule has 3 heteroatoms. The second kappa shape index (κ2) is 15.7. The minimum absolute atomic E-state index is 0.655. The van der Waals surface area contributed by atoms with Crippen LogP contribution < -0.4 is 10.4 Å². The van der Waals surface area contributed by atoms with Gasteiger partial charge in [-0.1, -0.05) is 183 Å². The van der Waals surface area contributed by atoms with Crippen molar-refractivity contribution in [2.24, 2.45) is 0 Å². The molecule has 2 heterocycles. The van der Waals surface area contributed by atoms with E-state index in [4.69, 9.17) is 9.97 Å². The fourth-order valence-electron chi connectivity index (χ4n) is 8.33. The normalized spacial score (nSPS) is 15.8. The van der Waals surface area contributed by atoms with E-state index in [9.17, 15) is 0 Å². The zero-order valence-corrected chi connectivity index (χ0v) is 32.5. The van der Waals surface area contributed by atoms with Gasteiger partial charge in [0.05, 0.1) is 11.4 Å². The molecule has 9 aromatic rings. The largest absolute Gasteiger partial charge is 0.264 e. The van der Waals surface area contributed by atoms with Crippen LogP contribution in [0.3, 0.4) is 0 Å². The monoisotopic (exact) mass is 753 g/mol. The maximum absolute atomic E-state index is 5.41. The van der Waals surface area contributed by atoms with Gasteiger partial charge >= 0.3 is 0 Å². The van der Waals surface area contributed by atoms with Crippen molar-refractivity contribution < 1.29 is 0 Å². The summed E-state index contributed by atoms with van der Waals surface area (Å²) in [4.78, 5) is 15.1. The Bertz CT molecular complexity index is 3230. The van der Waals surface area contributed by atoms with E-state index in [1.165, 1.54) is 32.5 Å². The molecule has 0 saturated carbocycles. The maximum atomic E-state index is 5.41. The Morgan fingerprint density at radius 2 is 1.14 bits per heavy atom. The molecule has 59 heavy (non-hydrogen) atoms. The molecule has 2 aromatic heterocycles. The van der Waals surface area contributed by atoms with Crippen LogP contribution in [0.4, 0.5) is 0 Å². The molecule has 0 fully saturated rings. The van der Waals surface area contributed by atoms with E-state index >= 15 is 0 Å². The minimum Gasteiger partial charge on any atom is -0.264 e. The Hall–Kier alpha value is -7.75. The lowest BCUT2D eigenvalue weighted by Crippen LogP contribution is -2.30. The summed E-state index contributed by atoms with van der Waals surface area (Å²) in [5.41, 5.74) is 12.4. The molecule has 0 spiro atoms. The lowest BCUT2D eigenvalue weighted by molar-refractivity contribution is 1.18. The molecular weight excluding hydrogens is 715 g/mol. The third-order valence-electron chi connectivity index (χ3n) is 11.2. The smallest absolute Gasteiger partial charge is 0.160 e. The van der Waals surface area contributed by atoms with E-state index in [-0.39, 0.29) is 0 Å². The highest BCUT2D eigenvalue weighted by molar-refractivity contribution is 6.13. The average molecular weight is 754 g/mol. The van der Waals surface area contributed by atoms with Gasteiger partial charge in [0.15, 0.2) is 5.82 Å². The summed E-state index contributed by atoms with van der Waals surface area (Å²) in [5, 5.41) is 7.08. The summed E-state index contributed by atoms with van der Waals surface area (Å²) in [6, 6.07) is 62.3. The second-order valence-electron chi connectivity index (χ2n) is 14.8. The molecule has 7 aromatic carbocycles. The summed E-state index contributed by atoms with van der Waals surface area (Å²) in [7, 11) is 0. The van der Waals surface area contributed by atoms with Gasteiger partial charge in [0, 0.05) is 29.1 Å². The van der Waals surface area contributed by atoms with Crippen molar-refractivity contribution >= 4 is 32.7 Å². The summed E-state index contributed by atoms with van der Waals surface area (Å²) >= 11 is 0. The van der Waals surface area contributed by atoms with E-state index in [0.29, 0.717) is 5.82 Å². The first-order valence-corrected chi connectivity index (χ1v) is 20.0. The van der Waals surface area contributed by atoms with Crippen LogP contribution >= 0.6 is 0 Å². The first-order valence-electron chi connectivity index (χ1n) is 20.0. The maximum Gasteiger partial charge on any atom is 0.160 e. The van der Waals surface area contributed by atoms with Crippen molar-refractivity contribution in [3.63, 3.8) is 0 Å². The third-order valence-corrected chi connectivity index (χ3v) is 11.2. The topological polar surface area (TPSA) is 38.7 Å². The predicted octanol–water partition coefficient (Wildman–Crippen LogP) is 12.3. The van der Waals surface area contributed by atoms with Gasteiger partial charge in [-0.25, -0.2) is 9.97 Å². The number of hydrogen-bond acceptors (Lipinski definition) is 3. The fourth-order valence-corrected chi connectivity index (χ4v) is 8.33. The highest BCUT2D eigenvalue weighted by Crippen LogP contribution is 2.37. The number of nitrogens with zero attached hydrogens (tertiary/aromatic N) is 3. The first kappa shape index (κ1) is 35.6. The fraction of sp³-hybridized carbons (Fsp3) is 0.0179. The molecule has 0 N–H and O–H groups in total. The van der Waals surface area contributed by atoms with Crippen molar-refractivity contribution in [1.82, 2.24) is 15.0 Å². The molecule has 0 unspecified atom stereocenters. The van der Waals surface area contributed by atoms with E-state index in [1.54, 1.807) is 6.20 Å². The van der Waals surface area contributed by atoms with Crippen LogP contribution in [-0.2, 0) is 0 Å². The number of benzene rings is 7. The van der Waals surface area contributed by atoms with Crippen molar-refractivity contribution in [1.29, 1.82) is 0 Å².